The average Bonchev–Trinajstić information content (AvgIpc) is 2.16. The molecule has 4 nitrogen and oxygen atoms in total. The van der Waals surface area contributed by atoms with Crippen molar-refractivity contribution in [3.63, 3.8) is 0 Å². The molecule has 0 radical (unpaired) electrons. The monoisotopic (exact) mass is 229 g/mol. The predicted molar refractivity (Wildman–Crippen MR) is 68.3 cm³/mol. The van der Waals surface area contributed by atoms with Crippen LogP contribution < -0.4 is 11.1 Å². The van der Waals surface area contributed by atoms with Crippen molar-refractivity contribution in [2.75, 3.05) is 20.1 Å². The van der Waals surface area contributed by atoms with Crippen LogP contribution in [0.15, 0.2) is 0 Å². The van der Waals surface area contributed by atoms with E-state index in [1.165, 1.54) is 0 Å². The number of nitrogens with one attached hydrogen (secondary N) is 1. The average molecular weight is 229 g/mol. The van der Waals surface area contributed by atoms with E-state index in [1.807, 2.05) is 39.6 Å². The van der Waals surface area contributed by atoms with E-state index >= 15 is 0 Å². The number of nitrogens with zero attached hydrogens (tertiary/aromatic N) is 1. The molecule has 96 valence electrons. The molecule has 3 N–H and O–H groups in total. The van der Waals surface area contributed by atoms with E-state index in [0.717, 1.165) is 6.42 Å². The number of nitrogens with two attached hydrogens (primary N) is 1. The number of amides is 1. The van der Waals surface area contributed by atoms with Gasteiger partial charge in [-0.25, -0.2) is 0 Å². The minimum atomic E-state index is -0.145. The van der Waals surface area contributed by atoms with Crippen molar-refractivity contribution in [3.05, 3.63) is 0 Å². The molecule has 0 aromatic heterocycles. The van der Waals surface area contributed by atoms with Crippen molar-refractivity contribution < 1.29 is 4.79 Å². The Morgan fingerprint density at radius 1 is 1.31 bits per heavy atom. The third kappa shape index (κ3) is 4.94. The summed E-state index contributed by atoms with van der Waals surface area (Å²) in [5.74, 6) is 0.0517. The van der Waals surface area contributed by atoms with Gasteiger partial charge in [-0.15, -0.1) is 0 Å². The summed E-state index contributed by atoms with van der Waals surface area (Å²) in [6.07, 6.45) is 0.919. The Balaban J connectivity index is 4.26. The van der Waals surface area contributed by atoms with Crippen LogP contribution in [0.2, 0.25) is 0 Å². The lowest BCUT2D eigenvalue weighted by Crippen LogP contribution is -2.53. The van der Waals surface area contributed by atoms with Gasteiger partial charge in [0.05, 0.1) is 6.54 Å². The van der Waals surface area contributed by atoms with Crippen LogP contribution in [-0.2, 0) is 4.79 Å². The molecule has 4 heteroatoms. The second-order valence-corrected chi connectivity index (χ2v) is 5.66. The maximum atomic E-state index is 11.8. The molecule has 0 saturated carbocycles. The number of hydrogen-bond acceptors (Lipinski definition) is 3. The first-order valence-corrected chi connectivity index (χ1v) is 5.87. The molecule has 0 fully saturated rings. The topological polar surface area (TPSA) is 58.4 Å². The van der Waals surface area contributed by atoms with Crippen molar-refractivity contribution in [1.29, 1.82) is 0 Å². The summed E-state index contributed by atoms with van der Waals surface area (Å²) < 4.78 is 0. The standard InChI is InChI=1S/C12H27N3O/c1-7-11(2,3)14-10(16)8-15(6)12(4,5)9-13/h7-9,13H2,1-6H3,(H,14,16). The minimum Gasteiger partial charge on any atom is -0.350 e. The summed E-state index contributed by atoms with van der Waals surface area (Å²) in [6, 6.07) is 0. The molecule has 0 aliphatic heterocycles. The maximum absolute atomic E-state index is 11.8. The van der Waals surface area contributed by atoms with Crippen molar-refractivity contribution in [2.24, 2.45) is 5.73 Å². The van der Waals surface area contributed by atoms with Gasteiger partial charge < -0.3 is 11.1 Å². The molecule has 16 heavy (non-hydrogen) atoms. The Morgan fingerprint density at radius 2 is 1.81 bits per heavy atom. The first kappa shape index (κ1) is 15.4. The highest BCUT2D eigenvalue weighted by atomic mass is 16.2. The summed E-state index contributed by atoms with van der Waals surface area (Å²) in [5, 5.41) is 3.01. The lowest BCUT2D eigenvalue weighted by molar-refractivity contribution is -0.124. The van der Waals surface area contributed by atoms with Crippen molar-refractivity contribution >= 4 is 5.91 Å². The molecule has 0 aliphatic rings. The minimum absolute atomic E-state index is 0.0517. The summed E-state index contributed by atoms with van der Waals surface area (Å²) >= 11 is 0. The van der Waals surface area contributed by atoms with Crippen LogP contribution in [-0.4, -0.2) is 42.0 Å². The summed E-state index contributed by atoms with van der Waals surface area (Å²) in [5.41, 5.74) is 5.38. The summed E-state index contributed by atoms with van der Waals surface area (Å²) in [6.45, 7) is 11.1. The van der Waals surface area contributed by atoms with E-state index in [2.05, 4.69) is 12.2 Å². The van der Waals surface area contributed by atoms with Crippen LogP contribution in [0.25, 0.3) is 0 Å². The zero-order chi connectivity index (χ0) is 13.0. The maximum Gasteiger partial charge on any atom is 0.234 e. The number of rotatable bonds is 6. The van der Waals surface area contributed by atoms with Crippen molar-refractivity contribution in [3.8, 4) is 0 Å². The fourth-order valence-corrected chi connectivity index (χ4v) is 1.09. The molecule has 0 heterocycles. The largest absolute Gasteiger partial charge is 0.350 e. The van der Waals surface area contributed by atoms with Crippen molar-refractivity contribution in [1.82, 2.24) is 10.2 Å². The van der Waals surface area contributed by atoms with Crippen LogP contribution in [0.1, 0.15) is 41.0 Å². The first-order chi connectivity index (χ1) is 7.14. The van der Waals surface area contributed by atoms with Gasteiger partial charge in [0.25, 0.3) is 0 Å². The van der Waals surface area contributed by atoms with Gasteiger partial charge in [0.15, 0.2) is 0 Å². The van der Waals surface area contributed by atoms with Crippen molar-refractivity contribution in [2.45, 2.75) is 52.1 Å². The molecule has 0 bridgehead atoms. The van der Waals surface area contributed by atoms with Gasteiger partial charge in [0.1, 0.15) is 0 Å². The number of hydrogen-bond donors (Lipinski definition) is 2. The molecule has 0 atom stereocenters. The molecule has 0 spiro atoms. The Bertz CT molecular complexity index is 236. The normalized spacial score (nSPS) is 13.0. The molecule has 0 aromatic carbocycles. The summed E-state index contributed by atoms with van der Waals surface area (Å²) in [7, 11) is 1.92. The predicted octanol–water partition coefficient (Wildman–Crippen LogP) is 0.960. The van der Waals surface area contributed by atoms with Gasteiger partial charge in [0, 0.05) is 17.6 Å². The van der Waals surface area contributed by atoms with Gasteiger partial charge in [-0.05, 0) is 41.2 Å². The molecule has 0 aromatic rings. The van der Waals surface area contributed by atoms with Crippen LogP contribution in [0.3, 0.4) is 0 Å². The Kier molecular flexibility index (Phi) is 5.42. The summed E-state index contributed by atoms with van der Waals surface area (Å²) in [4.78, 5) is 13.8. The third-order valence-corrected chi connectivity index (χ3v) is 3.28. The number of likely N-dealkylation sites (N-methyl/N-ethyl adjacent to an activating group) is 1. The molecular weight excluding hydrogens is 202 g/mol. The van der Waals surface area contributed by atoms with Crippen LogP contribution in [0.4, 0.5) is 0 Å². The molecule has 0 rings (SSSR count). The van der Waals surface area contributed by atoms with Crippen LogP contribution in [0, 0.1) is 0 Å². The zero-order valence-corrected chi connectivity index (χ0v) is 11.6. The van der Waals surface area contributed by atoms with Crippen LogP contribution in [0.5, 0.6) is 0 Å². The van der Waals surface area contributed by atoms with Gasteiger partial charge in [-0.1, -0.05) is 6.92 Å². The SMILES string of the molecule is CCC(C)(C)NC(=O)CN(C)C(C)(C)CN. The van der Waals surface area contributed by atoms with Gasteiger partial charge in [0.2, 0.25) is 5.91 Å². The van der Waals surface area contributed by atoms with E-state index < -0.39 is 0 Å². The second kappa shape index (κ2) is 5.64. The Labute approximate surface area is 99.6 Å². The molecular formula is C12H27N3O. The van der Waals surface area contributed by atoms with Gasteiger partial charge >= 0.3 is 0 Å². The van der Waals surface area contributed by atoms with E-state index in [-0.39, 0.29) is 17.0 Å². The van der Waals surface area contributed by atoms with Gasteiger partial charge in [-0.3, -0.25) is 9.69 Å². The molecule has 0 saturated heterocycles. The lowest BCUT2D eigenvalue weighted by atomic mass is 10.0. The third-order valence-electron chi connectivity index (χ3n) is 3.28. The van der Waals surface area contributed by atoms with E-state index in [9.17, 15) is 4.79 Å². The lowest BCUT2D eigenvalue weighted by Gasteiger charge is -2.35. The zero-order valence-electron chi connectivity index (χ0n) is 11.6. The van der Waals surface area contributed by atoms with E-state index in [1.54, 1.807) is 0 Å². The van der Waals surface area contributed by atoms with E-state index in [0.29, 0.717) is 13.1 Å². The molecule has 0 aliphatic carbocycles. The van der Waals surface area contributed by atoms with Crippen LogP contribution >= 0.6 is 0 Å². The Morgan fingerprint density at radius 3 is 2.19 bits per heavy atom. The highest BCUT2D eigenvalue weighted by Gasteiger charge is 2.25. The molecule has 0 unspecified atom stereocenters. The Hall–Kier alpha value is -0.610. The number of carbonyl (C=O) groups is 1. The van der Waals surface area contributed by atoms with Gasteiger partial charge in [-0.2, -0.15) is 0 Å². The quantitative estimate of drug-likeness (QED) is 0.713. The molecule has 1 amide bonds. The fourth-order valence-electron chi connectivity index (χ4n) is 1.09. The van der Waals surface area contributed by atoms with E-state index in [4.69, 9.17) is 5.73 Å². The first-order valence-electron chi connectivity index (χ1n) is 5.87. The highest BCUT2D eigenvalue weighted by Crippen LogP contribution is 2.10. The number of carbonyl (C=O) groups excluding carboxylic acids is 1. The second-order valence-electron chi connectivity index (χ2n) is 5.66. The highest BCUT2D eigenvalue weighted by molar-refractivity contribution is 5.78. The smallest absolute Gasteiger partial charge is 0.234 e. The fraction of sp³-hybridized carbons (Fsp3) is 0.917.